The number of fused-ring (bicyclic) bond motifs is 1. The van der Waals surface area contributed by atoms with Gasteiger partial charge in [-0.15, -0.1) is 0 Å². The van der Waals surface area contributed by atoms with Crippen LogP contribution >= 0.6 is 0 Å². The second kappa shape index (κ2) is 5.73. The van der Waals surface area contributed by atoms with Crippen molar-refractivity contribution >= 4 is 10.8 Å². The van der Waals surface area contributed by atoms with Crippen molar-refractivity contribution in [2.45, 2.75) is 19.9 Å². The summed E-state index contributed by atoms with van der Waals surface area (Å²) < 4.78 is 0. The Hall–Kier alpha value is -2.05. The van der Waals surface area contributed by atoms with Gasteiger partial charge in [0.1, 0.15) is 5.75 Å². The van der Waals surface area contributed by atoms with E-state index in [0.29, 0.717) is 12.3 Å². The van der Waals surface area contributed by atoms with Crippen molar-refractivity contribution < 1.29 is 5.11 Å². The minimum absolute atomic E-state index is 0.0143. The lowest BCUT2D eigenvalue weighted by Gasteiger charge is -2.17. The van der Waals surface area contributed by atoms with E-state index in [9.17, 15) is 5.11 Å². The summed E-state index contributed by atoms with van der Waals surface area (Å²) in [5.41, 5.74) is 0.865. The monoisotopic (exact) mass is 254 g/mol. The second-order valence-electron chi connectivity index (χ2n) is 4.88. The van der Waals surface area contributed by atoms with Gasteiger partial charge in [0.2, 0.25) is 0 Å². The quantitative estimate of drug-likeness (QED) is 0.879. The van der Waals surface area contributed by atoms with Crippen LogP contribution in [0.15, 0.2) is 36.4 Å². The largest absolute Gasteiger partial charge is 0.507 e. The predicted octanol–water partition coefficient (Wildman–Crippen LogP) is 3.36. The van der Waals surface area contributed by atoms with Gasteiger partial charge in [-0.3, -0.25) is 0 Å². The van der Waals surface area contributed by atoms with Crippen molar-refractivity contribution in [3.8, 4) is 11.8 Å². The van der Waals surface area contributed by atoms with Crippen LogP contribution < -0.4 is 5.32 Å². The number of phenolic OH excluding ortho intramolecular Hbond substituents is 1. The fraction of sp³-hybridized carbons (Fsp3) is 0.312. The van der Waals surface area contributed by atoms with E-state index in [-0.39, 0.29) is 12.0 Å². The number of hydrogen-bond donors (Lipinski definition) is 2. The number of benzene rings is 2. The molecular formula is C16H18N2O. The Kier molecular flexibility index (Phi) is 4.03. The molecule has 2 aromatic rings. The fourth-order valence-electron chi connectivity index (χ4n) is 2.13. The van der Waals surface area contributed by atoms with E-state index in [4.69, 9.17) is 5.26 Å². The normalized spacial score (nSPS) is 13.9. The van der Waals surface area contributed by atoms with Crippen LogP contribution in [-0.4, -0.2) is 11.7 Å². The minimum atomic E-state index is -0.0370. The van der Waals surface area contributed by atoms with Crippen molar-refractivity contribution in [2.24, 2.45) is 5.92 Å². The smallest absolute Gasteiger partial charge is 0.128 e. The van der Waals surface area contributed by atoms with E-state index in [1.54, 1.807) is 0 Å². The first-order valence-electron chi connectivity index (χ1n) is 6.47. The molecule has 0 saturated heterocycles. The third-order valence-electron chi connectivity index (χ3n) is 3.35. The molecule has 2 rings (SSSR count). The number of nitrogens with zero attached hydrogens (tertiary/aromatic N) is 1. The van der Waals surface area contributed by atoms with Gasteiger partial charge in [-0.2, -0.15) is 5.26 Å². The Morgan fingerprint density at radius 2 is 1.95 bits per heavy atom. The first-order valence-corrected chi connectivity index (χ1v) is 6.47. The first-order chi connectivity index (χ1) is 9.13. The lowest BCUT2D eigenvalue weighted by Crippen LogP contribution is -2.23. The van der Waals surface area contributed by atoms with Gasteiger partial charge in [-0.1, -0.05) is 36.4 Å². The third kappa shape index (κ3) is 2.86. The average Bonchev–Trinajstić information content (AvgIpc) is 2.45. The molecular weight excluding hydrogens is 236 g/mol. The highest BCUT2D eigenvalue weighted by atomic mass is 16.3. The highest BCUT2D eigenvalue weighted by Gasteiger charge is 2.13. The molecule has 0 fully saturated rings. The maximum Gasteiger partial charge on any atom is 0.128 e. The van der Waals surface area contributed by atoms with E-state index in [0.717, 1.165) is 16.3 Å². The minimum Gasteiger partial charge on any atom is -0.507 e. The van der Waals surface area contributed by atoms with Gasteiger partial charge >= 0.3 is 0 Å². The SMILES string of the molecule is CC(C#N)CNC(C)c1ccc2ccccc2c1O. The standard InChI is InChI=1S/C16H18N2O/c1-11(9-17)10-18-12(2)14-8-7-13-5-3-4-6-15(13)16(14)19/h3-8,11-12,18-19H,10H2,1-2H3. The summed E-state index contributed by atoms with van der Waals surface area (Å²) in [6.07, 6.45) is 0. The van der Waals surface area contributed by atoms with Gasteiger partial charge in [0.25, 0.3) is 0 Å². The number of nitrogens with one attached hydrogen (secondary N) is 1. The molecule has 0 heterocycles. The fourth-order valence-corrected chi connectivity index (χ4v) is 2.13. The maximum absolute atomic E-state index is 10.3. The van der Waals surface area contributed by atoms with Crippen molar-refractivity contribution in [3.05, 3.63) is 42.0 Å². The van der Waals surface area contributed by atoms with E-state index in [1.807, 2.05) is 50.2 Å². The summed E-state index contributed by atoms with van der Waals surface area (Å²) in [5.74, 6) is 0.285. The molecule has 19 heavy (non-hydrogen) atoms. The third-order valence-corrected chi connectivity index (χ3v) is 3.35. The van der Waals surface area contributed by atoms with E-state index < -0.39 is 0 Å². The molecule has 0 aliphatic carbocycles. The van der Waals surface area contributed by atoms with Crippen LogP contribution in [0.5, 0.6) is 5.75 Å². The molecule has 0 radical (unpaired) electrons. The van der Waals surface area contributed by atoms with Crippen LogP contribution in [-0.2, 0) is 0 Å². The van der Waals surface area contributed by atoms with Gasteiger partial charge in [0.15, 0.2) is 0 Å². The van der Waals surface area contributed by atoms with Crippen LogP contribution in [0.2, 0.25) is 0 Å². The van der Waals surface area contributed by atoms with Crippen LogP contribution in [0.4, 0.5) is 0 Å². The molecule has 2 unspecified atom stereocenters. The topological polar surface area (TPSA) is 56.0 Å². The Balaban J connectivity index is 2.25. The molecule has 3 nitrogen and oxygen atoms in total. The molecule has 0 bridgehead atoms. The summed E-state index contributed by atoms with van der Waals surface area (Å²) in [7, 11) is 0. The molecule has 3 heteroatoms. The average molecular weight is 254 g/mol. The van der Waals surface area contributed by atoms with Crippen LogP contribution in [0.25, 0.3) is 10.8 Å². The Labute approximate surface area is 113 Å². The maximum atomic E-state index is 10.3. The van der Waals surface area contributed by atoms with Crippen LogP contribution in [0.1, 0.15) is 25.5 Å². The number of rotatable bonds is 4. The zero-order valence-corrected chi connectivity index (χ0v) is 11.2. The van der Waals surface area contributed by atoms with E-state index in [1.165, 1.54) is 0 Å². The molecule has 2 aromatic carbocycles. The lowest BCUT2D eigenvalue weighted by atomic mass is 10.0. The molecule has 0 saturated carbocycles. The van der Waals surface area contributed by atoms with Crippen LogP contribution in [0, 0.1) is 17.2 Å². The van der Waals surface area contributed by atoms with Crippen molar-refractivity contribution in [3.63, 3.8) is 0 Å². The molecule has 0 aliphatic heterocycles. The summed E-state index contributed by atoms with van der Waals surface area (Å²) in [6.45, 7) is 4.48. The van der Waals surface area contributed by atoms with Gasteiger partial charge in [0.05, 0.1) is 12.0 Å². The molecule has 2 atom stereocenters. The van der Waals surface area contributed by atoms with E-state index in [2.05, 4.69) is 11.4 Å². The summed E-state index contributed by atoms with van der Waals surface area (Å²) >= 11 is 0. The number of phenols is 1. The molecule has 98 valence electrons. The summed E-state index contributed by atoms with van der Waals surface area (Å²) in [5, 5.41) is 24.3. The Morgan fingerprint density at radius 3 is 2.68 bits per heavy atom. The van der Waals surface area contributed by atoms with Gasteiger partial charge in [-0.05, 0) is 19.2 Å². The Morgan fingerprint density at radius 1 is 1.21 bits per heavy atom. The molecule has 0 amide bonds. The lowest BCUT2D eigenvalue weighted by molar-refractivity contribution is 0.453. The zero-order chi connectivity index (χ0) is 13.8. The first kappa shape index (κ1) is 13.4. The number of hydrogen-bond acceptors (Lipinski definition) is 3. The summed E-state index contributed by atoms with van der Waals surface area (Å²) in [6, 6.07) is 13.9. The highest BCUT2D eigenvalue weighted by molar-refractivity contribution is 5.89. The van der Waals surface area contributed by atoms with Gasteiger partial charge in [-0.25, -0.2) is 0 Å². The van der Waals surface area contributed by atoms with Crippen molar-refractivity contribution in [2.75, 3.05) is 6.54 Å². The zero-order valence-electron chi connectivity index (χ0n) is 11.2. The molecule has 0 aromatic heterocycles. The van der Waals surface area contributed by atoms with Crippen molar-refractivity contribution in [1.82, 2.24) is 5.32 Å². The highest BCUT2D eigenvalue weighted by Crippen LogP contribution is 2.32. The number of aromatic hydroxyl groups is 1. The molecule has 0 spiro atoms. The summed E-state index contributed by atoms with van der Waals surface area (Å²) in [4.78, 5) is 0. The van der Waals surface area contributed by atoms with Crippen LogP contribution in [0.3, 0.4) is 0 Å². The Bertz CT molecular complexity index is 616. The van der Waals surface area contributed by atoms with Gasteiger partial charge in [0, 0.05) is 23.5 Å². The predicted molar refractivity (Wildman–Crippen MR) is 76.8 cm³/mol. The molecule has 0 aliphatic rings. The number of nitriles is 1. The van der Waals surface area contributed by atoms with E-state index >= 15 is 0 Å². The second-order valence-corrected chi connectivity index (χ2v) is 4.88. The van der Waals surface area contributed by atoms with Crippen molar-refractivity contribution in [1.29, 1.82) is 5.26 Å². The van der Waals surface area contributed by atoms with Gasteiger partial charge < -0.3 is 10.4 Å². The molecule has 2 N–H and O–H groups in total.